The van der Waals surface area contributed by atoms with Gasteiger partial charge >= 0.3 is 0 Å². The van der Waals surface area contributed by atoms with Gasteiger partial charge in [-0.1, -0.05) is 0 Å². The van der Waals surface area contributed by atoms with E-state index in [-0.39, 0.29) is 11.9 Å². The summed E-state index contributed by atoms with van der Waals surface area (Å²) in [5.41, 5.74) is 0. The van der Waals surface area contributed by atoms with Crippen molar-refractivity contribution in [2.24, 2.45) is 4.99 Å². The largest absolute Gasteiger partial charge is 0.382 e. The summed E-state index contributed by atoms with van der Waals surface area (Å²) in [4.78, 5) is 16.0. The van der Waals surface area contributed by atoms with Gasteiger partial charge in [0.2, 0.25) is 5.91 Å². The lowest BCUT2D eigenvalue weighted by Gasteiger charge is -2.12. The molecule has 6 heteroatoms. The van der Waals surface area contributed by atoms with Gasteiger partial charge in [0.15, 0.2) is 5.96 Å². The highest BCUT2D eigenvalue weighted by molar-refractivity contribution is 5.81. The van der Waals surface area contributed by atoms with Crippen molar-refractivity contribution >= 4 is 11.9 Å². The maximum absolute atomic E-state index is 11.5. The summed E-state index contributed by atoms with van der Waals surface area (Å²) < 4.78 is 5.29. The van der Waals surface area contributed by atoms with Crippen LogP contribution in [0.2, 0.25) is 0 Å². The minimum atomic E-state index is 0.0602. The van der Waals surface area contributed by atoms with Crippen LogP contribution in [0.25, 0.3) is 0 Å². The number of aliphatic imine (C=N–C) groups is 1. The van der Waals surface area contributed by atoms with Crippen LogP contribution in [0.1, 0.15) is 47.0 Å². The zero-order valence-corrected chi connectivity index (χ0v) is 14.0. The molecule has 0 spiro atoms. The fraction of sp³-hybridized carbons (Fsp3) is 0.867. The first kappa shape index (κ1) is 19.7. The number of nitrogens with one attached hydrogen (secondary N) is 3. The van der Waals surface area contributed by atoms with Gasteiger partial charge in [-0.15, -0.1) is 0 Å². The molecule has 0 fully saturated rings. The van der Waals surface area contributed by atoms with Crippen molar-refractivity contribution in [3.05, 3.63) is 0 Å². The number of ether oxygens (including phenoxy) is 1. The molecule has 0 rings (SSSR count). The summed E-state index contributed by atoms with van der Waals surface area (Å²) in [7, 11) is 0. The summed E-state index contributed by atoms with van der Waals surface area (Å²) >= 11 is 0. The van der Waals surface area contributed by atoms with Crippen molar-refractivity contribution in [1.82, 2.24) is 16.0 Å². The van der Waals surface area contributed by atoms with Gasteiger partial charge in [0.05, 0.1) is 0 Å². The Bertz CT molecular complexity index is 293. The fourth-order valence-corrected chi connectivity index (χ4v) is 1.68. The van der Waals surface area contributed by atoms with Crippen molar-refractivity contribution < 1.29 is 9.53 Å². The van der Waals surface area contributed by atoms with E-state index in [0.717, 1.165) is 45.1 Å². The maximum Gasteiger partial charge on any atom is 0.221 e. The lowest BCUT2D eigenvalue weighted by atomic mass is 10.3. The van der Waals surface area contributed by atoms with Crippen molar-refractivity contribution in [2.75, 3.05) is 32.8 Å². The fourth-order valence-electron chi connectivity index (χ4n) is 1.68. The summed E-state index contributed by atoms with van der Waals surface area (Å²) in [5, 5.41) is 9.22. The van der Waals surface area contributed by atoms with E-state index < -0.39 is 0 Å². The topological polar surface area (TPSA) is 74.8 Å². The molecule has 0 aliphatic carbocycles. The predicted octanol–water partition coefficient (Wildman–Crippen LogP) is 1.27. The zero-order chi connectivity index (χ0) is 15.9. The van der Waals surface area contributed by atoms with Gasteiger partial charge in [0.1, 0.15) is 0 Å². The number of unbranched alkanes of at least 4 members (excludes halogenated alkanes) is 1. The predicted molar refractivity (Wildman–Crippen MR) is 87.6 cm³/mol. The first-order valence-electron chi connectivity index (χ1n) is 7.99. The average Bonchev–Trinajstić information content (AvgIpc) is 2.41. The van der Waals surface area contributed by atoms with Crippen LogP contribution in [0.15, 0.2) is 4.99 Å². The molecule has 21 heavy (non-hydrogen) atoms. The molecule has 6 nitrogen and oxygen atoms in total. The molecule has 0 saturated carbocycles. The molecule has 0 aromatic rings. The third kappa shape index (κ3) is 13.4. The Morgan fingerprint density at radius 1 is 1.19 bits per heavy atom. The molecule has 0 aliphatic heterocycles. The molecule has 0 saturated heterocycles. The van der Waals surface area contributed by atoms with E-state index in [0.29, 0.717) is 13.0 Å². The third-order valence-electron chi connectivity index (χ3n) is 2.61. The second kappa shape index (κ2) is 13.7. The zero-order valence-electron chi connectivity index (χ0n) is 14.0. The van der Waals surface area contributed by atoms with Gasteiger partial charge in [0, 0.05) is 45.3 Å². The molecule has 0 aromatic carbocycles. The molecular weight excluding hydrogens is 268 g/mol. The van der Waals surface area contributed by atoms with Crippen LogP contribution >= 0.6 is 0 Å². The smallest absolute Gasteiger partial charge is 0.221 e. The molecule has 0 aromatic heterocycles. The number of rotatable bonds is 11. The monoisotopic (exact) mass is 300 g/mol. The van der Waals surface area contributed by atoms with E-state index in [4.69, 9.17) is 4.74 Å². The van der Waals surface area contributed by atoms with Crippen LogP contribution in [0.5, 0.6) is 0 Å². The van der Waals surface area contributed by atoms with Crippen LogP contribution in [0.4, 0.5) is 0 Å². The normalized spacial score (nSPS) is 11.6. The Hall–Kier alpha value is -1.30. The first-order valence-corrected chi connectivity index (χ1v) is 7.99. The number of carbonyl (C=O) groups is 1. The van der Waals surface area contributed by atoms with E-state index >= 15 is 0 Å². The van der Waals surface area contributed by atoms with E-state index in [9.17, 15) is 4.79 Å². The van der Waals surface area contributed by atoms with E-state index in [1.165, 1.54) is 0 Å². The summed E-state index contributed by atoms with van der Waals surface area (Å²) in [6.07, 6.45) is 2.48. The Balaban J connectivity index is 3.86. The van der Waals surface area contributed by atoms with Crippen molar-refractivity contribution in [2.45, 2.75) is 53.0 Å². The van der Waals surface area contributed by atoms with Crippen molar-refractivity contribution in [3.8, 4) is 0 Å². The lowest BCUT2D eigenvalue weighted by molar-refractivity contribution is -0.121. The van der Waals surface area contributed by atoms with Gasteiger partial charge in [-0.25, -0.2) is 0 Å². The van der Waals surface area contributed by atoms with Crippen molar-refractivity contribution in [1.29, 1.82) is 0 Å². The molecule has 0 bridgehead atoms. The highest BCUT2D eigenvalue weighted by Crippen LogP contribution is 1.91. The van der Waals surface area contributed by atoms with Gasteiger partial charge in [-0.05, 0) is 40.5 Å². The molecule has 124 valence electrons. The SMILES string of the molecule is CCNC(=NCCCCOCC)NCCC(=O)NC(C)C. The Labute approximate surface area is 129 Å². The number of hydrogen-bond donors (Lipinski definition) is 3. The summed E-state index contributed by atoms with van der Waals surface area (Å²) in [5.74, 6) is 0.830. The minimum absolute atomic E-state index is 0.0602. The molecule has 1 amide bonds. The average molecular weight is 300 g/mol. The van der Waals surface area contributed by atoms with Crippen LogP contribution in [0.3, 0.4) is 0 Å². The van der Waals surface area contributed by atoms with Crippen LogP contribution in [-0.4, -0.2) is 50.8 Å². The van der Waals surface area contributed by atoms with E-state index in [1.54, 1.807) is 0 Å². The van der Waals surface area contributed by atoms with E-state index in [1.807, 2.05) is 27.7 Å². The summed E-state index contributed by atoms with van der Waals surface area (Å²) in [6.45, 7) is 11.7. The standard InChI is InChI=1S/C15H32N4O2/c1-5-16-15(17-10-7-8-12-21-6-2)18-11-9-14(20)19-13(3)4/h13H,5-12H2,1-4H3,(H,19,20)(H2,16,17,18). The second-order valence-electron chi connectivity index (χ2n) is 5.06. The number of guanidine groups is 1. The molecule has 3 N–H and O–H groups in total. The number of hydrogen-bond acceptors (Lipinski definition) is 3. The quantitative estimate of drug-likeness (QED) is 0.305. The van der Waals surface area contributed by atoms with Crippen LogP contribution in [-0.2, 0) is 9.53 Å². The van der Waals surface area contributed by atoms with E-state index in [2.05, 4.69) is 20.9 Å². The molecule has 0 heterocycles. The third-order valence-corrected chi connectivity index (χ3v) is 2.61. The Morgan fingerprint density at radius 2 is 1.95 bits per heavy atom. The molecule has 0 atom stereocenters. The van der Waals surface area contributed by atoms with Gasteiger partial charge < -0.3 is 20.7 Å². The molecule has 0 unspecified atom stereocenters. The minimum Gasteiger partial charge on any atom is -0.382 e. The highest BCUT2D eigenvalue weighted by atomic mass is 16.5. The van der Waals surface area contributed by atoms with Crippen LogP contribution in [0, 0.1) is 0 Å². The maximum atomic E-state index is 11.5. The van der Waals surface area contributed by atoms with Crippen molar-refractivity contribution in [3.63, 3.8) is 0 Å². The number of nitrogens with zero attached hydrogens (tertiary/aromatic N) is 1. The number of amides is 1. The highest BCUT2D eigenvalue weighted by Gasteiger charge is 2.03. The molecule has 0 radical (unpaired) electrons. The summed E-state index contributed by atoms with van der Waals surface area (Å²) in [6, 6.07) is 0.185. The van der Waals surface area contributed by atoms with Gasteiger partial charge in [0.25, 0.3) is 0 Å². The first-order chi connectivity index (χ1) is 10.1. The lowest BCUT2D eigenvalue weighted by Crippen LogP contribution is -2.40. The van der Waals surface area contributed by atoms with Gasteiger partial charge in [-0.2, -0.15) is 0 Å². The number of carbonyl (C=O) groups excluding carboxylic acids is 1. The Kier molecular flexibility index (Phi) is 12.8. The molecular formula is C15H32N4O2. The van der Waals surface area contributed by atoms with Crippen LogP contribution < -0.4 is 16.0 Å². The van der Waals surface area contributed by atoms with Gasteiger partial charge in [-0.3, -0.25) is 9.79 Å². The molecule has 0 aliphatic rings. The second-order valence-corrected chi connectivity index (χ2v) is 5.06. The Morgan fingerprint density at radius 3 is 2.57 bits per heavy atom.